The van der Waals surface area contributed by atoms with Crippen molar-refractivity contribution < 1.29 is 18.3 Å². The van der Waals surface area contributed by atoms with E-state index in [2.05, 4.69) is 0 Å². The van der Waals surface area contributed by atoms with Crippen LogP contribution >= 0.6 is 11.3 Å². The first-order valence-corrected chi connectivity index (χ1v) is 3.23. The van der Waals surface area contributed by atoms with Crippen LogP contribution in [-0.4, -0.2) is 5.11 Å². The van der Waals surface area contributed by atoms with Crippen LogP contribution in [-0.2, 0) is 6.18 Å². The maximum Gasteiger partial charge on any atom is 0.420 e. The van der Waals surface area contributed by atoms with E-state index in [9.17, 15) is 13.2 Å². The van der Waals surface area contributed by atoms with Crippen molar-refractivity contribution in [3.05, 3.63) is 17.0 Å². The summed E-state index contributed by atoms with van der Waals surface area (Å²) in [6, 6.07) is 0.847. The Kier molecular flexibility index (Phi) is 1.60. The molecule has 0 amide bonds. The van der Waals surface area contributed by atoms with Crippen molar-refractivity contribution >= 4 is 11.3 Å². The molecule has 1 rings (SSSR count). The zero-order chi connectivity index (χ0) is 7.78. The Labute approximate surface area is 58.7 Å². The van der Waals surface area contributed by atoms with Gasteiger partial charge in [0.05, 0.1) is 0 Å². The smallest absolute Gasteiger partial charge is 0.420 e. The zero-order valence-electron chi connectivity index (χ0n) is 4.64. The molecule has 0 radical (unpaired) electrons. The maximum absolute atomic E-state index is 11.7. The fourth-order valence-corrected chi connectivity index (χ4v) is 1.16. The second kappa shape index (κ2) is 2.16. The van der Waals surface area contributed by atoms with Gasteiger partial charge in [0.15, 0.2) is 5.06 Å². The van der Waals surface area contributed by atoms with Crippen LogP contribution in [0, 0.1) is 0 Å². The largest absolute Gasteiger partial charge is 0.499 e. The Hall–Kier alpha value is -0.710. The number of thiophene rings is 1. The number of aromatic hydroxyl groups is 1. The van der Waals surface area contributed by atoms with E-state index >= 15 is 0 Å². The molecular weight excluding hydrogens is 165 g/mol. The summed E-state index contributed by atoms with van der Waals surface area (Å²) in [7, 11) is 0. The van der Waals surface area contributed by atoms with Gasteiger partial charge in [-0.1, -0.05) is 0 Å². The first-order valence-electron chi connectivity index (χ1n) is 2.35. The minimum atomic E-state index is -4.43. The maximum atomic E-state index is 11.7. The molecule has 0 saturated carbocycles. The molecule has 0 aliphatic heterocycles. The Morgan fingerprint density at radius 1 is 1.40 bits per heavy atom. The second-order valence-electron chi connectivity index (χ2n) is 1.64. The van der Waals surface area contributed by atoms with Gasteiger partial charge in [-0.3, -0.25) is 0 Å². The standard InChI is InChI=1S/C5H3F3OS/c6-5(7,8)3-1-2-10-4(3)9/h1-2,9H. The molecule has 1 nitrogen and oxygen atoms in total. The van der Waals surface area contributed by atoms with Crippen molar-refractivity contribution in [3.63, 3.8) is 0 Å². The highest BCUT2D eigenvalue weighted by molar-refractivity contribution is 7.11. The first kappa shape index (κ1) is 7.40. The van der Waals surface area contributed by atoms with E-state index in [1.54, 1.807) is 0 Å². The van der Waals surface area contributed by atoms with Gasteiger partial charge in [-0.15, -0.1) is 11.3 Å². The predicted molar refractivity (Wildman–Crippen MR) is 31.0 cm³/mol. The predicted octanol–water partition coefficient (Wildman–Crippen LogP) is 2.47. The first-order chi connectivity index (χ1) is 4.52. The molecule has 5 heteroatoms. The fourth-order valence-electron chi connectivity index (χ4n) is 0.517. The number of halogens is 3. The van der Waals surface area contributed by atoms with Crippen molar-refractivity contribution in [3.8, 4) is 5.06 Å². The Morgan fingerprint density at radius 3 is 2.20 bits per heavy atom. The summed E-state index contributed by atoms with van der Waals surface area (Å²) >= 11 is 0.667. The average Bonchev–Trinajstić information content (AvgIpc) is 2.11. The third kappa shape index (κ3) is 1.23. The van der Waals surface area contributed by atoms with Crippen molar-refractivity contribution in [1.82, 2.24) is 0 Å². The van der Waals surface area contributed by atoms with E-state index in [4.69, 9.17) is 5.11 Å². The number of alkyl halides is 3. The van der Waals surface area contributed by atoms with Gasteiger partial charge in [-0.05, 0) is 11.4 Å². The van der Waals surface area contributed by atoms with Gasteiger partial charge in [-0.25, -0.2) is 0 Å². The molecule has 0 unspecified atom stereocenters. The van der Waals surface area contributed by atoms with Crippen molar-refractivity contribution in [2.75, 3.05) is 0 Å². The van der Waals surface area contributed by atoms with E-state index in [-0.39, 0.29) is 0 Å². The van der Waals surface area contributed by atoms with Crippen molar-refractivity contribution in [2.24, 2.45) is 0 Å². The Balaban J connectivity index is 3.05. The molecule has 1 aromatic rings. The summed E-state index contributed by atoms with van der Waals surface area (Å²) in [6.07, 6.45) is -4.43. The van der Waals surface area contributed by atoms with Gasteiger partial charge in [-0.2, -0.15) is 13.2 Å². The molecule has 0 saturated heterocycles. The van der Waals surface area contributed by atoms with Gasteiger partial charge in [0.25, 0.3) is 0 Å². The van der Waals surface area contributed by atoms with E-state index in [0.717, 1.165) is 6.07 Å². The van der Waals surface area contributed by atoms with Crippen molar-refractivity contribution in [1.29, 1.82) is 0 Å². The van der Waals surface area contributed by atoms with Gasteiger partial charge >= 0.3 is 6.18 Å². The molecule has 0 aliphatic rings. The summed E-state index contributed by atoms with van der Waals surface area (Å²) < 4.78 is 35.2. The molecule has 0 aliphatic carbocycles. The molecule has 1 aromatic heterocycles. The van der Waals surface area contributed by atoms with Crippen LogP contribution in [0.3, 0.4) is 0 Å². The summed E-state index contributed by atoms with van der Waals surface area (Å²) in [5, 5.41) is 9.10. The van der Waals surface area contributed by atoms with E-state index in [0.29, 0.717) is 11.3 Å². The molecule has 10 heavy (non-hydrogen) atoms. The lowest BCUT2D eigenvalue weighted by Gasteiger charge is -2.02. The Bertz CT molecular complexity index is 227. The molecule has 0 fully saturated rings. The zero-order valence-corrected chi connectivity index (χ0v) is 5.46. The van der Waals surface area contributed by atoms with Crippen LogP contribution in [0.25, 0.3) is 0 Å². The third-order valence-electron chi connectivity index (χ3n) is 0.950. The van der Waals surface area contributed by atoms with Crippen LogP contribution in [0.15, 0.2) is 11.4 Å². The van der Waals surface area contributed by atoms with Gasteiger partial charge in [0.1, 0.15) is 5.56 Å². The molecule has 0 bridgehead atoms. The average molecular weight is 168 g/mol. The van der Waals surface area contributed by atoms with Crippen LogP contribution in [0.2, 0.25) is 0 Å². The molecule has 0 aromatic carbocycles. The second-order valence-corrected chi connectivity index (χ2v) is 2.53. The monoisotopic (exact) mass is 168 g/mol. The molecule has 0 spiro atoms. The topological polar surface area (TPSA) is 20.2 Å². The molecular formula is C5H3F3OS. The SMILES string of the molecule is Oc1sccc1C(F)(F)F. The quantitative estimate of drug-likeness (QED) is 0.630. The lowest BCUT2D eigenvalue weighted by Crippen LogP contribution is -2.02. The highest BCUT2D eigenvalue weighted by atomic mass is 32.1. The third-order valence-corrected chi connectivity index (χ3v) is 1.67. The van der Waals surface area contributed by atoms with E-state index in [1.807, 2.05) is 0 Å². The summed E-state index contributed by atoms with van der Waals surface area (Å²) in [4.78, 5) is 0. The number of rotatable bonds is 0. The molecule has 1 N–H and O–H groups in total. The highest BCUT2D eigenvalue weighted by Crippen LogP contribution is 2.38. The summed E-state index contributed by atoms with van der Waals surface area (Å²) in [5.41, 5.74) is -0.961. The highest BCUT2D eigenvalue weighted by Gasteiger charge is 2.34. The number of hydrogen-bond acceptors (Lipinski definition) is 2. The Morgan fingerprint density at radius 2 is 2.00 bits per heavy atom. The summed E-state index contributed by atoms with van der Waals surface area (Å²) in [5.74, 6) is 0. The van der Waals surface area contributed by atoms with Crippen molar-refractivity contribution in [2.45, 2.75) is 6.18 Å². The minimum absolute atomic E-state index is 0.667. The normalized spacial score (nSPS) is 11.9. The summed E-state index contributed by atoms with van der Waals surface area (Å²) in [6.45, 7) is 0. The fraction of sp³-hybridized carbons (Fsp3) is 0.200. The lowest BCUT2D eigenvalue weighted by atomic mass is 10.3. The van der Waals surface area contributed by atoms with Crippen LogP contribution in [0.1, 0.15) is 5.56 Å². The number of hydrogen-bond donors (Lipinski definition) is 1. The van der Waals surface area contributed by atoms with Gasteiger partial charge in [0.2, 0.25) is 0 Å². The van der Waals surface area contributed by atoms with E-state index < -0.39 is 16.8 Å². The molecule has 1 heterocycles. The van der Waals surface area contributed by atoms with Crippen LogP contribution in [0.4, 0.5) is 13.2 Å². The van der Waals surface area contributed by atoms with E-state index in [1.165, 1.54) is 5.38 Å². The minimum Gasteiger partial charge on any atom is -0.499 e. The van der Waals surface area contributed by atoms with Gasteiger partial charge < -0.3 is 5.11 Å². The molecule has 0 atom stereocenters. The molecule has 56 valence electrons. The van der Waals surface area contributed by atoms with Crippen LogP contribution in [0.5, 0.6) is 5.06 Å². The van der Waals surface area contributed by atoms with Gasteiger partial charge in [0, 0.05) is 0 Å². The van der Waals surface area contributed by atoms with Crippen LogP contribution < -0.4 is 0 Å². The lowest BCUT2D eigenvalue weighted by molar-refractivity contribution is -0.138.